The summed E-state index contributed by atoms with van der Waals surface area (Å²) in [5.41, 5.74) is 5.15. The van der Waals surface area contributed by atoms with E-state index in [0.29, 0.717) is 38.5 Å². The standard InChI is InChI=1S/C13H24N4O3/c1-10(2)7-12(19)16-3-5-17(6-4-16)13(20)9-15-11(18)8-14/h10H,3-9,14H2,1-2H3,(H,15,18). The Morgan fingerprint density at radius 3 is 2.00 bits per heavy atom. The topological polar surface area (TPSA) is 95.7 Å². The SMILES string of the molecule is CC(C)CC(=O)N1CCN(C(=O)CNC(=O)CN)CC1. The lowest BCUT2D eigenvalue weighted by molar-refractivity contribution is -0.140. The Kier molecular flexibility index (Phi) is 6.44. The number of nitrogens with zero attached hydrogens (tertiary/aromatic N) is 2. The van der Waals surface area contributed by atoms with Crippen LogP contribution < -0.4 is 11.1 Å². The molecule has 1 aliphatic rings. The minimum absolute atomic E-state index is 0.0318. The highest BCUT2D eigenvalue weighted by Gasteiger charge is 2.24. The van der Waals surface area contributed by atoms with Gasteiger partial charge in [-0.15, -0.1) is 0 Å². The quantitative estimate of drug-likeness (QED) is 0.661. The van der Waals surface area contributed by atoms with Gasteiger partial charge in [0.2, 0.25) is 17.7 Å². The van der Waals surface area contributed by atoms with E-state index in [1.54, 1.807) is 9.80 Å². The Balaban J connectivity index is 2.32. The van der Waals surface area contributed by atoms with Gasteiger partial charge in [0.15, 0.2) is 0 Å². The van der Waals surface area contributed by atoms with Crippen LogP contribution in [0.2, 0.25) is 0 Å². The summed E-state index contributed by atoms with van der Waals surface area (Å²) in [6.07, 6.45) is 0.542. The van der Waals surface area contributed by atoms with Crippen LogP contribution in [0, 0.1) is 5.92 Å². The first-order chi connectivity index (χ1) is 9.43. The molecule has 1 heterocycles. The molecule has 3 N–H and O–H groups in total. The lowest BCUT2D eigenvalue weighted by atomic mass is 10.1. The molecule has 0 atom stereocenters. The molecule has 0 spiro atoms. The van der Waals surface area contributed by atoms with E-state index in [4.69, 9.17) is 5.73 Å². The molecule has 20 heavy (non-hydrogen) atoms. The molecule has 7 nitrogen and oxygen atoms in total. The minimum Gasteiger partial charge on any atom is -0.346 e. The third kappa shape index (κ3) is 5.16. The van der Waals surface area contributed by atoms with E-state index in [1.807, 2.05) is 13.8 Å². The second-order valence-electron chi connectivity index (χ2n) is 5.34. The Labute approximate surface area is 119 Å². The van der Waals surface area contributed by atoms with Gasteiger partial charge < -0.3 is 20.9 Å². The third-order valence-corrected chi connectivity index (χ3v) is 3.19. The summed E-state index contributed by atoms with van der Waals surface area (Å²) in [4.78, 5) is 38.2. The number of carbonyl (C=O) groups is 3. The van der Waals surface area contributed by atoms with Gasteiger partial charge in [-0.1, -0.05) is 13.8 Å². The fourth-order valence-electron chi connectivity index (χ4n) is 2.04. The van der Waals surface area contributed by atoms with E-state index in [2.05, 4.69) is 5.32 Å². The zero-order valence-corrected chi connectivity index (χ0v) is 12.2. The van der Waals surface area contributed by atoms with E-state index in [9.17, 15) is 14.4 Å². The summed E-state index contributed by atoms with van der Waals surface area (Å²) < 4.78 is 0. The average molecular weight is 284 g/mol. The van der Waals surface area contributed by atoms with Gasteiger partial charge in [0.05, 0.1) is 13.1 Å². The van der Waals surface area contributed by atoms with E-state index in [1.165, 1.54) is 0 Å². The molecule has 0 aromatic carbocycles. The predicted molar refractivity (Wildman–Crippen MR) is 74.7 cm³/mol. The van der Waals surface area contributed by atoms with Crippen LogP contribution in [0.25, 0.3) is 0 Å². The molecule has 0 aromatic rings. The molecule has 0 radical (unpaired) electrons. The number of carbonyl (C=O) groups excluding carboxylic acids is 3. The molecule has 0 saturated carbocycles. The Bertz CT molecular complexity index is 363. The molecule has 114 valence electrons. The fourth-order valence-corrected chi connectivity index (χ4v) is 2.04. The molecule has 3 amide bonds. The van der Waals surface area contributed by atoms with Crippen molar-refractivity contribution in [1.29, 1.82) is 0 Å². The zero-order valence-electron chi connectivity index (χ0n) is 12.2. The van der Waals surface area contributed by atoms with Gasteiger partial charge in [0, 0.05) is 32.6 Å². The highest BCUT2D eigenvalue weighted by Crippen LogP contribution is 2.08. The van der Waals surface area contributed by atoms with Crippen LogP contribution in [-0.2, 0) is 14.4 Å². The van der Waals surface area contributed by atoms with Crippen molar-refractivity contribution < 1.29 is 14.4 Å². The van der Waals surface area contributed by atoms with Crippen LogP contribution in [0.5, 0.6) is 0 Å². The van der Waals surface area contributed by atoms with Gasteiger partial charge in [-0.25, -0.2) is 0 Å². The number of nitrogens with one attached hydrogen (secondary N) is 1. The molecule has 1 rings (SSSR count). The second kappa shape index (κ2) is 7.84. The van der Waals surface area contributed by atoms with Crippen molar-refractivity contribution in [3.05, 3.63) is 0 Å². The molecule has 1 aliphatic heterocycles. The maximum Gasteiger partial charge on any atom is 0.242 e. The molecule has 0 aromatic heterocycles. The zero-order chi connectivity index (χ0) is 15.1. The van der Waals surface area contributed by atoms with Gasteiger partial charge in [0.25, 0.3) is 0 Å². The van der Waals surface area contributed by atoms with Crippen LogP contribution in [0.3, 0.4) is 0 Å². The molecule has 0 aliphatic carbocycles. The molecule has 1 fully saturated rings. The van der Waals surface area contributed by atoms with Crippen molar-refractivity contribution in [3.8, 4) is 0 Å². The van der Waals surface area contributed by atoms with Gasteiger partial charge in [0.1, 0.15) is 0 Å². The van der Waals surface area contributed by atoms with E-state index >= 15 is 0 Å². The van der Waals surface area contributed by atoms with Gasteiger partial charge >= 0.3 is 0 Å². The number of amides is 3. The van der Waals surface area contributed by atoms with E-state index in [-0.39, 0.29) is 30.8 Å². The van der Waals surface area contributed by atoms with Crippen LogP contribution in [0.4, 0.5) is 0 Å². The number of nitrogens with two attached hydrogens (primary N) is 1. The lowest BCUT2D eigenvalue weighted by Crippen LogP contribution is -2.53. The predicted octanol–water partition coefficient (Wildman–Crippen LogP) is -1.22. The number of rotatable bonds is 5. The largest absolute Gasteiger partial charge is 0.346 e. The molecular formula is C13H24N4O3. The smallest absolute Gasteiger partial charge is 0.242 e. The Morgan fingerprint density at radius 1 is 1.05 bits per heavy atom. The van der Waals surface area contributed by atoms with Gasteiger partial charge in [-0.05, 0) is 5.92 Å². The minimum atomic E-state index is -0.343. The van der Waals surface area contributed by atoms with Gasteiger partial charge in [-0.3, -0.25) is 14.4 Å². The van der Waals surface area contributed by atoms with Crippen molar-refractivity contribution in [2.45, 2.75) is 20.3 Å². The molecular weight excluding hydrogens is 260 g/mol. The maximum atomic E-state index is 11.9. The third-order valence-electron chi connectivity index (χ3n) is 3.19. The Hall–Kier alpha value is -1.63. The van der Waals surface area contributed by atoms with Crippen molar-refractivity contribution in [1.82, 2.24) is 15.1 Å². The Morgan fingerprint density at radius 2 is 1.55 bits per heavy atom. The summed E-state index contributed by atoms with van der Waals surface area (Å²) in [7, 11) is 0. The lowest BCUT2D eigenvalue weighted by Gasteiger charge is -2.35. The van der Waals surface area contributed by atoms with Crippen molar-refractivity contribution >= 4 is 17.7 Å². The summed E-state index contributed by atoms with van der Waals surface area (Å²) in [5, 5.41) is 2.45. The van der Waals surface area contributed by atoms with Crippen LogP contribution >= 0.6 is 0 Å². The van der Waals surface area contributed by atoms with E-state index < -0.39 is 0 Å². The summed E-state index contributed by atoms with van der Waals surface area (Å²) in [6.45, 7) is 6.02. The maximum absolute atomic E-state index is 11.9. The van der Waals surface area contributed by atoms with Crippen molar-refractivity contribution in [3.63, 3.8) is 0 Å². The highest BCUT2D eigenvalue weighted by atomic mass is 16.2. The van der Waals surface area contributed by atoms with Gasteiger partial charge in [-0.2, -0.15) is 0 Å². The summed E-state index contributed by atoms with van der Waals surface area (Å²) >= 11 is 0. The monoisotopic (exact) mass is 284 g/mol. The summed E-state index contributed by atoms with van der Waals surface area (Å²) in [5.74, 6) is 0.00373. The van der Waals surface area contributed by atoms with Crippen molar-refractivity contribution in [2.75, 3.05) is 39.3 Å². The van der Waals surface area contributed by atoms with Crippen LogP contribution in [0.1, 0.15) is 20.3 Å². The molecule has 0 unspecified atom stereocenters. The fraction of sp³-hybridized carbons (Fsp3) is 0.769. The first-order valence-corrected chi connectivity index (χ1v) is 6.96. The van der Waals surface area contributed by atoms with Crippen LogP contribution in [-0.4, -0.2) is 66.8 Å². The highest BCUT2D eigenvalue weighted by molar-refractivity contribution is 5.85. The first kappa shape index (κ1) is 16.4. The van der Waals surface area contributed by atoms with Crippen molar-refractivity contribution in [2.24, 2.45) is 11.7 Å². The molecule has 1 saturated heterocycles. The molecule has 7 heteroatoms. The average Bonchev–Trinajstić information content (AvgIpc) is 2.43. The number of hydrogen-bond acceptors (Lipinski definition) is 4. The number of piperazine rings is 1. The first-order valence-electron chi connectivity index (χ1n) is 6.96. The number of hydrogen-bond donors (Lipinski definition) is 2. The van der Waals surface area contributed by atoms with Crippen LogP contribution in [0.15, 0.2) is 0 Å². The summed E-state index contributed by atoms with van der Waals surface area (Å²) in [6, 6.07) is 0. The van der Waals surface area contributed by atoms with E-state index in [0.717, 1.165) is 0 Å². The normalized spacial score (nSPS) is 15.4. The second-order valence-corrected chi connectivity index (χ2v) is 5.34. The molecule has 0 bridgehead atoms.